The summed E-state index contributed by atoms with van der Waals surface area (Å²) in [4.78, 5) is 11.9. The summed E-state index contributed by atoms with van der Waals surface area (Å²) in [6.45, 7) is 2.02. The van der Waals surface area contributed by atoms with Crippen molar-refractivity contribution in [3.63, 3.8) is 0 Å². The van der Waals surface area contributed by atoms with Crippen LogP contribution in [0.25, 0.3) is 0 Å². The van der Waals surface area contributed by atoms with Crippen molar-refractivity contribution in [3.8, 4) is 11.5 Å². The van der Waals surface area contributed by atoms with Crippen molar-refractivity contribution in [3.05, 3.63) is 54.1 Å². The van der Waals surface area contributed by atoms with E-state index in [-0.39, 0.29) is 12.5 Å². The SMILES string of the molecule is CCc1cccc(NC(=O)COc2ccccc2OC)c1. The Morgan fingerprint density at radius 2 is 1.86 bits per heavy atom. The lowest BCUT2D eigenvalue weighted by Crippen LogP contribution is -2.20. The quantitative estimate of drug-likeness (QED) is 0.886. The molecule has 0 aromatic heterocycles. The second-order valence-electron chi connectivity index (χ2n) is 4.54. The molecule has 0 aliphatic heterocycles. The Balaban J connectivity index is 1.92. The van der Waals surface area contributed by atoms with Gasteiger partial charge in [-0.15, -0.1) is 0 Å². The highest BCUT2D eigenvalue weighted by atomic mass is 16.5. The maximum atomic E-state index is 11.9. The van der Waals surface area contributed by atoms with Gasteiger partial charge in [-0.3, -0.25) is 4.79 Å². The fraction of sp³-hybridized carbons (Fsp3) is 0.235. The number of amides is 1. The summed E-state index contributed by atoms with van der Waals surface area (Å²) < 4.78 is 10.7. The van der Waals surface area contributed by atoms with E-state index in [2.05, 4.69) is 12.2 Å². The number of para-hydroxylation sites is 2. The summed E-state index contributed by atoms with van der Waals surface area (Å²) >= 11 is 0. The van der Waals surface area contributed by atoms with Crippen molar-refractivity contribution >= 4 is 11.6 Å². The van der Waals surface area contributed by atoms with Gasteiger partial charge in [0.25, 0.3) is 5.91 Å². The molecule has 2 aromatic carbocycles. The predicted molar refractivity (Wildman–Crippen MR) is 82.9 cm³/mol. The van der Waals surface area contributed by atoms with Gasteiger partial charge in [0, 0.05) is 5.69 Å². The van der Waals surface area contributed by atoms with Crippen LogP contribution in [0.4, 0.5) is 5.69 Å². The van der Waals surface area contributed by atoms with Crippen molar-refractivity contribution in [1.29, 1.82) is 0 Å². The second-order valence-corrected chi connectivity index (χ2v) is 4.54. The molecule has 0 saturated carbocycles. The van der Waals surface area contributed by atoms with E-state index in [1.54, 1.807) is 19.2 Å². The normalized spacial score (nSPS) is 10.0. The zero-order valence-electron chi connectivity index (χ0n) is 12.3. The van der Waals surface area contributed by atoms with Crippen LogP contribution in [0.2, 0.25) is 0 Å². The lowest BCUT2D eigenvalue weighted by Gasteiger charge is -2.11. The van der Waals surface area contributed by atoms with Crippen molar-refractivity contribution < 1.29 is 14.3 Å². The minimum atomic E-state index is -0.200. The van der Waals surface area contributed by atoms with Gasteiger partial charge < -0.3 is 14.8 Å². The molecule has 110 valence electrons. The van der Waals surface area contributed by atoms with Gasteiger partial charge in [-0.2, -0.15) is 0 Å². The third-order valence-corrected chi connectivity index (χ3v) is 3.05. The van der Waals surface area contributed by atoms with E-state index in [9.17, 15) is 4.79 Å². The third-order valence-electron chi connectivity index (χ3n) is 3.05. The Hall–Kier alpha value is -2.49. The Labute approximate surface area is 124 Å². The Morgan fingerprint density at radius 1 is 1.10 bits per heavy atom. The molecule has 0 unspecified atom stereocenters. The molecular weight excluding hydrogens is 266 g/mol. The molecule has 21 heavy (non-hydrogen) atoms. The summed E-state index contributed by atoms with van der Waals surface area (Å²) in [6.07, 6.45) is 0.932. The number of rotatable bonds is 6. The van der Waals surface area contributed by atoms with E-state index in [1.165, 1.54) is 5.56 Å². The standard InChI is InChI=1S/C17H19NO3/c1-3-13-7-6-8-14(11-13)18-17(19)12-21-16-10-5-4-9-15(16)20-2/h4-11H,3,12H2,1-2H3,(H,18,19). The topological polar surface area (TPSA) is 47.6 Å². The average Bonchev–Trinajstić information content (AvgIpc) is 2.53. The van der Waals surface area contributed by atoms with Crippen LogP contribution in [0.3, 0.4) is 0 Å². The highest BCUT2D eigenvalue weighted by Gasteiger charge is 2.07. The Kier molecular flexibility index (Phi) is 5.21. The highest BCUT2D eigenvalue weighted by Crippen LogP contribution is 2.25. The van der Waals surface area contributed by atoms with Gasteiger partial charge in [-0.05, 0) is 36.2 Å². The zero-order chi connectivity index (χ0) is 15.1. The van der Waals surface area contributed by atoms with E-state index in [4.69, 9.17) is 9.47 Å². The lowest BCUT2D eigenvalue weighted by atomic mass is 10.1. The molecule has 0 spiro atoms. The third kappa shape index (κ3) is 4.24. The molecule has 0 fully saturated rings. The highest BCUT2D eigenvalue weighted by molar-refractivity contribution is 5.91. The van der Waals surface area contributed by atoms with E-state index >= 15 is 0 Å². The number of anilines is 1. The number of nitrogens with one attached hydrogen (secondary N) is 1. The van der Waals surface area contributed by atoms with E-state index in [0.29, 0.717) is 11.5 Å². The molecule has 4 nitrogen and oxygen atoms in total. The summed E-state index contributed by atoms with van der Waals surface area (Å²) in [5.41, 5.74) is 1.96. The van der Waals surface area contributed by atoms with Crippen LogP contribution >= 0.6 is 0 Å². The number of carbonyl (C=O) groups is 1. The van der Waals surface area contributed by atoms with Crippen molar-refractivity contribution in [2.75, 3.05) is 19.0 Å². The fourth-order valence-corrected chi connectivity index (χ4v) is 1.95. The number of aryl methyl sites for hydroxylation is 1. The summed E-state index contributed by atoms with van der Waals surface area (Å²) in [7, 11) is 1.57. The maximum Gasteiger partial charge on any atom is 0.262 e. The molecule has 2 aromatic rings. The van der Waals surface area contributed by atoms with Crippen LogP contribution in [0.1, 0.15) is 12.5 Å². The fourth-order valence-electron chi connectivity index (χ4n) is 1.95. The molecule has 2 rings (SSSR count). The molecule has 0 aliphatic carbocycles. The number of ether oxygens (including phenoxy) is 2. The van der Waals surface area contributed by atoms with Gasteiger partial charge in [0.15, 0.2) is 18.1 Å². The van der Waals surface area contributed by atoms with Gasteiger partial charge in [0.05, 0.1) is 7.11 Å². The minimum Gasteiger partial charge on any atom is -0.493 e. The molecule has 0 aliphatic rings. The van der Waals surface area contributed by atoms with Crippen LogP contribution in [-0.4, -0.2) is 19.6 Å². The molecule has 0 heterocycles. The van der Waals surface area contributed by atoms with Gasteiger partial charge in [-0.25, -0.2) is 0 Å². The Bertz CT molecular complexity index is 610. The summed E-state index contributed by atoms with van der Waals surface area (Å²) in [5, 5.41) is 2.82. The minimum absolute atomic E-state index is 0.0588. The number of hydrogen-bond acceptors (Lipinski definition) is 3. The molecule has 4 heteroatoms. The molecule has 1 amide bonds. The zero-order valence-corrected chi connectivity index (χ0v) is 12.3. The van der Waals surface area contributed by atoms with E-state index < -0.39 is 0 Å². The smallest absolute Gasteiger partial charge is 0.262 e. The van der Waals surface area contributed by atoms with Crippen LogP contribution in [0.15, 0.2) is 48.5 Å². The largest absolute Gasteiger partial charge is 0.493 e. The molecule has 0 atom stereocenters. The predicted octanol–water partition coefficient (Wildman–Crippen LogP) is 3.28. The molecule has 1 N–H and O–H groups in total. The van der Waals surface area contributed by atoms with Gasteiger partial charge >= 0.3 is 0 Å². The van der Waals surface area contributed by atoms with Crippen LogP contribution in [0.5, 0.6) is 11.5 Å². The van der Waals surface area contributed by atoms with Gasteiger partial charge in [0.2, 0.25) is 0 Å². The number of hydrogen-bond donors (Lipinski definition) is 1. The number of benzene rings is 2. The first-order valence-corrected chi connectivity index (χ1v) is 6.87. The first-order valence-electron chi connectivity index (χ1n) is 6.87. The van der Waals surface area contributed by atoms with E-state index in [0.717, 1.165) is 12.1 Å². The maximum absolute atomic E-state index is 11.9. The second kappa shape index (κ2) is 7.33. The van der Waals surface area contributed by atoms with Crippen LogP contribution < -0.4 is 14.8 Å². The molecule has 0 radical (unpaired) electrons. The molecule has 0 saturated heterocycles. The van der Waals surface area contributed by atoms with Crippen molar-refractivity contribution in [1.82, 2.24) is 0 Å². The van der Waals surface area contributed by atoms with Gasteiger partial charge in [-0.1, -0.05) is 31.2 Å². The first kappa shape index (κ1) is 14.9. The van der Waals surface area contributed by atoms with Crippen LogP contribution in [-0.2, 0) is 11.2 Å². The monoisotopic (exact) mass is 285 g/mol. The number of carbonyl (C=O) groups excluding carboxylic acids is 1. The first-order chi connectivity index (χ1) is 10.2. The summed E-state index contributed by atoms with van der Waals surface area (Å²) in [5.74, 6) is 0.963. The van der Waals surface area contributed by atoms with Crippen molar-refractivity contribution in [2.45, 2.75) is 13.3 Å². The summed E-state index contributed by atoms with van der Waals surface area (Å²) in [6, 6.07) is 15.0. The molecule has 0 bridgehead atoms. The molecular formula is C17H19NO3. The average molecular weight is 285 g/mol. The Morgan fingerprint density at radius 3 is 2.57 bits per heavy atom. The van der Waals surface area contributed by atoms with Gasteiger partial charge in [0.1, 0.15) is 0 Å². The number of methoxy groups -OCH3 is 1. The lowest BCUT2D eigenvalue weighted by molar-refractivity contribution is -0.118. The van der Waals surface area contributed by atoms with E-state index in [1.807, 2.05) is 36.4 Å². The van der Waals surface area contributed by atoms with Crippen LogP contribution in [0, 0.1) is 0 Å². The van der Waals surface area contributed by atoms with Crippen molar-refractivity contribution in [2.24, 2.45) is 0 Å².